The Morgan fingerprint density at radius 2 is 2.24 bits per heavy atom. The number of fused-ring (bicyclic) bond motifs is 2. The van der Waals surface area contributed by atoms with Gasteiger partial charge in [-0.25, -0.2) is 0 Å². The van der Waals surface area contributed by atoms with Gasteiger partial charge in [-0.1, -0.05) is 6.07 Å². The van der Waals surface area contributed by atoms with Crippen molar-refractivity contribution < 1.29 is 0 Å². The molecule has 0 aromatic carbocycles. The smallest absolute Gasteiger partial charge is 0.0570 e. The molecule has 3 nitrogen and oxygen atoms in total. The van der Waals surface area contributed by atoms with Crippen LogP contribution in [-0.2, 0) is 0 Å². The first-order valence-corrected chi connectivity index (χ1v) is 6.72. The third-order valence-corrected chi connectivity index (χ3v) is 4.23. The molecule has 2 bridgehead atoms. The van der Waals surface area contributed by atoms with E-state index in [1.165, 1.54) is 32.5 Å². The third-order valence-electron chi connectivity index (χ3n) is 4.23. The van der Waals surface area contributed by atoms with Crippen LogP contribution in [0.25, 0.3) is 0 Å². The van der Waals surface area contributed by atoms with Gasteiger partial charge in [0.2, 0.25) is 0 Å². The van der Waals surface area contributed by atoms with Crippen LogP contribution in [0, 0.1) is 5.92 Å². The number of pyridine rings is 1. The van der Waals surface area contributed by atoms with E-state index in [1.54, 1.807) is 0 Å². The summed E-state index contributed by atoms with van der Waals surface area (Å²) < 4.78 is 0. The van der Waals surface area contributed by atoms with Crippen molar-refractivity contribution >= 4 is 0 Å². The fraction of sp³-hybridized carbons (Fsp3) is 0.643. The molecule has 1 N–H and O–H groups in total. The summed E-state index contributed by atoms with van der Waals surface area (Å²) >= 11 is 0. The lowest BCUT2D eigenvalue weighted by atomic mass is 9.93. The Morgan fingerprint density at radius 3 is 3.06 bits per heavy atom. The Hall–Kier alpha value is -0.930. The van der Waals surface area contributed by atoms with Crippen molar-refractivity contribution in [2.45, 2.75) is 31.8 Å². The zero-order valence-electron chi connectivity index (χ0n) is 10.5. The number of piperidine rings is 1. The summed E-state index contributed by atoms with van der Waals surface area (Å²) in [4.78, 5) is 7.02. The predicted octanol–water partition coefficient (Wildman–Crippen LogP) is 1.83. The average Bonchev–Trinajstić information content (AvgIpc) is 2.77. The van der Waals surface area contributed by atoms with Crippen LogP contribution in [-0.4, -0.2) is 35.6 Å². The SMILES string of the molecule is C[C@@H](NC1CCN2CCC1C2)c1ccccn1. The number of rotatable bonds is 3. The first-order valence-electron chi connectivity index (χ1n) is 6.72. The van der Waals surface area contributed by atoms with Crippen molar-refractivity contribution in [1.82, 2.24) is 15.2 Å². The zero-order chi connectivity index (χ0) is 11.7. The van der Waals surface area contributed by atoms with E-state index in [1.807, 2.05) is 12.3 Å². The van der Waals surface area contributed by atoms with E-state index < -0.39 is 0 Å². The molecule has 92 valence electrons. The van der Waals surface area contributed by atoms with Crippen LogP contribution in [0.3, 0.4) is 0 Å². The molecule has 3 unspecified atom stereocenters. The van der Waals surface area contributed by atoms with E-state index in [0.717, 1.165) is 11.6 Å². The lowest BCUT2D eigenvalue weighted by Gasteiger charge is -2.33. The molecule has 0 aliphatic carbocycles. The minimum Gasteiger partial charge on any atom is -0.306 e. The van der Waals surface area contributed by atoms with Gasteiger partial charge in [-0.05, 0) is 50.9 Å². The topological polar surface area (TPSA) is 28.2 Å². The Balaban J connectivity index is 1.63. The highest BCUT2D eigenvalue weighted by molar-refractivity contribution is 5.08. The van der Waals surface area contributed by atoms with Crippen molar-refractivity contribution in [2.24, 2.45) is 5.92 Å². The summed E-state index contributed by atoms with van der Waals surface area (Å²) in [5.74, 6) is 0.856. The zero-order valence-corrected chi connectivity index (χ0v) is 10.5. The quantitative estimate of drug-likeness (QED) is 0.860. The van der Waals surface area contributed by atoms with E-state index >= 15 is 0 Å². The third kappa shape index (κ3) is 2.35. The fourth-order valence-electron chi connectivity index (χ4n) is 3.21. The average molecular weight is 231 g/mol. The molecule has 2 aliphatic rings. The molecular weight excluding hydrogens is 210 g/mol. The molecule has 3 rings (SSSR count). The highest BCUT2D eigenvalue weighted by Gasteiger charge is 2.34. The largest absolute Gasteiger partial charge is 0.306 e. The Morgan fingerprint density at radius 1 is 1.35 bits per heavy atom. The number of nitrogens with one attached hydrogen (secondary N) is 1. The molecule has 1 aromatic rings. The van der Waals surface area contributed by atoms with Crippen molar-refractivity contribution in [1.29, 1.82) is 0 Å². The second-order valence-corrected chi connectivity index (χ2v) is 5.39. The van der Waals surface area contributed by atoms with Crippen LogP contribution in [0.1, 0.15) is 31.5 Å². The highest BCUT2D eigenvalue weighted by atomic mass is 15.2. The molecule has 2 fully saturated rings. The summed E-state index contributed by atoms with van der Waals surface area (Å²) in [5.41, 5.74) is 1.16. The molecule has 2 saturated heterocycles. The molecule has 0 spiro atoms. The van der Waals surface area contributed by atoms with Gasteiger partial charge in [-0.15, -0.1) is 0 Å². The molecule has 17 heavy (non-hydrogen) atoms. The first-order chi connectivity index (χ1) is 8.33. The van der Waals surface area contributed by atoms with Gasteiger partial charge in [0, 0.05) is 24.8 Å². The van der Waals surface area contributed by atoms with Gasteiger partial charge in [0.05, 0.1) is 5.69 Å². The van der Waals surface area contributed by atoms with Crippen LogP contribution < -0.4 is 5.32 Å². The minimum absolute atomic E-state index is 0.369. The van der Waals surface area contributed by atoms with Crippen molar-refractivity contribution in [3.8, 4) is 0 Å². The standard InChI is InChI=1S/C14H21N3/c1-11(13-4-2-3-7-15-13)16-14-6-9-17-8-5-12(14)10-17/h2-4,7,11-12,14,16H,5-6,8-10H2,1H3/t11-,12?,14?/m1/s1. The van der Waals surface area contributed by atoms with Crippen LogP contribution in [0.15, 0.2) is 24.4 Å². The summed E-state index contributed by atoms with van der Waals surface area (Å²) in [7, 11) is 0. The van der Waals surface area contributed by atoms with Gasteiger partial charge in [0.25, 0.3) is 0 Å². The molecule has 0 amide bonds. The molecule has 3 heteroatoms. The number of hydrogen-bond acceptors (Lipinski definition) is 3. The van der Waals surface area contributed by atoms with E-state index in [9.17, 15) is 0 Å². The summed E-state index contributed by atoms with van der Waals surface area (Å²) in [6, 6.07) is 7.21. The van der Waals surface area contributed by atoms with Crippen LogP contribution in [0.4, 0.5) is 0 Å². The van der Waals surface area contributed by atoms with Crippen LogP contribution >= 0.6 is 0 Å². The van der Waals surface area contributed by atoms with E-state index in [-0.39, 0.29) is 0 Å². The maximum atomic E-state index is 4.43. The van der Waals surface area contributed by atoms with E-state index in [0.29, 0.717) is 12.1 Å². The first kappa shape index (κ1) is 11.2. The molecular formula is C14H21N3. The molecule has 2 aliphatic heterocycles. The maximum absolute atomic E-state index is 4.43. The predicted molar refractivity (Wildman–Crippen MR) is 68.7 cm³/mol. The van der Waals surface area contributed by atoms with Gasteiger partial charge < -0.3 is 10.2 Å². The monoisotopic (exact) mass is 231 g/mol. The highest BCUT2D eigenvalue weighted by Crippen LogP contribution is 2.28. The lowest BCUT2D eigenvalue weighted by molar-refractivity contribution is 0.211. The van der Waals surface area contributed by atoms with Crippen molar-refractivity contribution in [3.63, 3.8) is 0 Å². The van der Waals surface area contributed by atoms with Crippen molar-refractivity contribution in [2.75, 3.05) is 19.6 Å². The second kappa shape index (κ2) is 4.75. The van der Waals surface area contributed by atoms with Crippen LogP contribution in [0.5, 0.6) is 0 Å². The van der Waals surface area contributed by atoms with Gasteiger partial charge >= 0.3 is 0 Å². The number of aromatic nitrogens is 1. The molecule has 3 heterocycles. The lowest BCUT2D eigenvalue weighted by Crippen LogP contribution is -2.44. The summed E-state index contributed by atoms with van der Waals surface area (Å²) in [5, 5.41) is 3.77. The Labute approximate surface area is 103 Å². The number of hydrogen-bond donors (Lipinski definition) is 1. The van der Waals surface area contributed by atoms with Gasteiger partial charge in [0.15, 0.2) is 0 Å². The Kier molecular flexibility index (Phi) is 3.12. The summed E-state index contributed by atoms with van der Waals surface area (Å²) in [6.45, 7) is 6.10. The fourth-order valence-corrected chi connectivity index (χ4v) is 3.21. The van der Waals surface area contributed by atoms with E-state index in [4.69, 9.17) is 0 Å². The normalized spacial score (nSPS) is 33.6. The molecule has 0 radical (unpaired) electrons. The molecule has 1 aromatic heterocycles. The van der Waals surface area contributed by atoms with Gasteiger partial charge in [0.1, 0.15) is 0 Å². The van der Waals surface area contributed by atoms with Gasteiger partial charge in [-0.2, -0.15) is 0 Å². The minimum atomic E-state index is 0.369. The molecule has 4 atom stereocenters. The Bertz CT molecular complexity index is 365. The second-order valence-electron chi connectivity index (χ2n) is 5.39. The summed E-state index contributed by atoms with van der Waals surface area (Å²) in [6.07, 6.45) is 4.54. The van der Waals surface area contributed by atoms with Gasteiger partial charge in [-0.3, -0.25) is 4.98 Å². The van der Waals surface area contributed by atoms with Crippen molar-refractivity contribution in [3.05, 3.63) is 30.1 Å². The molecule has 0 saturated carbocycles. The number of nitrogens with zero attached hydrogens (tertiary/aromatic N) is 2. The maximum Gasteiger partial charge on any atom is 0.0570 e. The van der Waals surface area contributed by atoms with E-state index in [2.05, 4.69) is 34.3 Å². The van der Waals surface area contributed by atoms with Crippen LogP contribution in [0.2, 0.25) is 0 Å².